The van der Waals surface area contributed by atoms with Crippen molar-refractivity contribution in [2.75, 3.05) is 40.3 Å². The van der Waals surface area contributed by atoms with Crippen LogP contribution in [0.1, 0.15) is 38.5 Å². The molecule has 1 fully saturated rings. The molecule has 6 heteroatoms. The molecule has 23 heavy (non-hydrogen) atoms. The third-order valence-corrected chi connectivity index (χ3v) is 4.62. The highest BCUT2D eigenvalue weighted by molar-refractivity contribution is 5.76. The first-order chi connectivity index (χ1) is 11.0. The predicted molar refractivity (Wildman–Crippen MR) is 91.0 cm³/mol. The van der Waals surface area contributed by atoms with Crippen molar-refractivity contribution in [2.45, 2.75) is 50.2 Å². The molecular weight excluding hydrogens is 290 g/mol. The topological polar surface area (TPSA) is 60.3 Å². The molecule has 0 unspecified atom stereocenters. The maximum absolute atomic E-state index is 12.1. The number of amides is 1. The maximum Gasteiger partial charge on any atom is 0.220 e. The van der Waals surface area contributed by atoms with E-state index in [0.717, 1.165) is 45.4 Å². The average molecular weight is 319 g/mol. The highest BCUT2D eigenvalue weighted by Gasteiger charge is 2.39. The summed E-state index contributed by atoms with van der Waals surface area (Å²) in [4.78, 5) is 16.8. The molecule has 0 radical (unpaired) electrons. The Kier molecular flexibility index (Phi) is 6.55. The van der Waals surface area contributed by atoms with Gasteiger partial charge in [-0.3, -0.25) is 4.79 Å². The quantitative estimate of drug-likeness (QED) is 0.655. The van der Waals surface area contributed by atoms with Gasteiger partial charge in [-0.05, 0) is 26.9 Å². The number of rotatable bonds is 9. The molecule has 0 spiro atoms. The van der Waals surface area contributed by atoms with E-state index in [9.17, 15) is 4.79 Å². The van der Waals surface area contributed by atoms with Gasteiger partial charge in [0.25, 0.3) is 0 Å². The first-order valence-corrected chi connectivity index (χ1v) is 8.57. The number of nitrogens with one attached hydrogen (secondary N) is 1. The summed E-state index contributed by atoms with van der Waals surface area (Å²) in [5, 5.41) is 11.3. The van der Waals surface area contributed by atoms with Crippen LogP contribution in [0, 0.1) is 12.3 Å². The Labute approximate surface area is 139 Å². The lowest BCUT2D eigenvalue weighted by molar-refractivity contribution is -0.122. The molecule has 0 aromatic heterocycles. The van der Waals surface area contributed by atoms with E-state index in [1.165, 1.54) is 0 Å². The van der Waals surface area contributed by atoms with Crippen molar-refractivity contribution in [2.24, 2.45) is 10.2 Å². The highest BCUT2D eigenvalue weighted by atomic mass is 16.1. The lowest BCUT2D eigenvalue weighted by Gasteiger charge is -2.33. The number of terminal acetylenes is 1. The van der Waals surface area contributed by atoms with Gasteiger partial charge in [-0.2, -0.15) is 10.2 Å². The fourth-order valence-electron chi connectivity index (χ4n) is 2.92. The molecule has 6 nitrogen and oxygen atoms in total. The van der Waals surface area contributed by atoms with E-state index in [-0.39, 0.29) is 11.6 Å². The minimum Gasteiger partial charge on any atom is -0.353 e. The molecule has 0 aromatic carbocycles. The molecule has 0 aliphatic carbocycles. The molecule has 2 aliphatic heterocycles. The van der Waals surface area contributed by atoms with Crippen LogP contribution in [0.3, 0.4) is 0 Å². The van der Waals surface area contributed by atoms with Gasteiger partial charge >= 0.3 is 0 Å². The van der Waals surface area contributed by atoms with Gasteiger partial charge in [-0.25, -0.2) is 0 Å². The average Bonchev–Trinajstić information content (AvgIpc) is 3.31. The second-order valence-corrected chi connectivity index (χ2v) is 6.87. The number of hydrogen-bond acceptors (Lipinski definition) is 5. The van der Waals surface area contributed by atoms with Crippen molar-refractivity contribution < 1.29 is 4.79 Å². The van der Waals surface area contributed by atoms with Crippen LogP contribution in [-0.2, 0) is 4.79 Å². The van der Waals surface area contributed by atoms with Crippen molar-refractivity contribution >= 4 is 5.91 Å². The summed E-state index contributed by atoms with van der Waals surface area (Å²) in [6.07, 6.45) is 9.95. The van der Waals surface area contributed by atoms with E-state index in [1.807, 2.05) is 0 Å². The number of likely N-dealkylation sites (tertiary alicyclic amines) is 1. The molecule has 1 N–H and O–H groups in total. The molecule has 2 aliphatic rings. The van der Waals surface area contributed by atoms with Gasteiger partial charge in [0.05, 0.1) is 0 Å². The Morgan fingerprint density at radius 2 is 2.04 bits per heavy atom. The summed E-state index contributed by atoms with van der Waals surface area (Å²) in [6, 6.07) is 0.313. The highest BCUT2D eigenvalue weighted by Crippen LogP contribution is 2.37. The molecule has 2 rings (SSSR count). The summed E-state index contributed by atoms with van der Waals surface area (Å²) in [5.74, 6) is 2.73. The summed E-state index contributed by atoms with van der Waals surface area (Å²) >= 11 is 0. The second kappa shape index (κ2) is 8.42. The zero-order valence-corrected chi connectivity index (χ0v) is 14.4. The van der Waals surface area contributed by atoms with Crippen LogP contribution in [0.25, 0.3) is 0 Å². The Morgan fingerprint density at radius 1 is 1.35 bits per heavy atom. The van der Waals surface area contributed by atoms with Gasteiger partial charge in [0.2, 0.25) is 5.91 Å². The van der Waals surface area contributed by atoms with Crippen LogP contribution in [0.5, 0.6) is 0 Å². The molecule has 0 aromatic rings. The summed E-state index contributed by atoms with van der Waals surface area (Å²) in [5.41, 5.74) is -0.348. The van der Waals surface area contributed by atoms with Gasteiger partial charge in [0.1, 0.15) is 0 Å². The lowest BCUT2D eigenvalue weighted by Crippen LogP contribution is -2.46. The molecule has 0 saturated carbocycles. The van der Waals surface area contributed by atoms with Gasteiger partial charge < -0.3 is 15.1 Å². The first kappa shape index (κ1) is 17.9. The first-order valence-electron chi connectivity index (χ1n) is 8.57. The summed E-state index contributed by atoms with van der Waals surface area (Å²) < 4.78 is 0. The van der Waals surface area contributed by atoms with Crippen LogP contribution >= 0.6 is 0 Å². The molecule has 128 valence electrons. The monoisotopic (exact) mass is 319 g/mol. The molecule has 2 heterocycles. The van der Waals surface area contributed by atoms with E-state index in [1.54, 1.807) is 0 Å². The van der Waals surface area contributed by atoms with Crippen molar-refractivity contribution in [3.05, 3.63) is 0 Å². The fraction of sp³-hybridized carbons (Fsp3) is 0.824. The van der Waals surface area contributed by atoms with Crippen molar-refractivity contribution in [3.63, 3.8) is 0 Å². The summed E-state index contributed by atoms with van der Waals surface area (Å²) in [6.45, 7) is 4.32. The molecule has 1 saturated heterocycles. The van der Waals surface area contributed by atoms with E-state index in [2.05, 4.69) is 45.4 Å². The number of nitrogens with zero attached hydrogens (tertiary/aromatic N) is 4. The van der Waals surface area contributed by atoms with Crippen LogP contribution in [0.4, 0.5) is 0 Å². The zero-order valence-electron chi connectivity index (χ0n) is 14.4. The number of carbonyl (C=O) groups is 1. The van der Waals surface area contributed by atoms with E-state index in [4.69, 9.17) is 6.42 Å². The van der Waals surface area contributed by atoms with E-state index >= 15 is 0 Å². The lowest BCUT2D eigenvalue weighted by atomic mass is 10.0. The Hall–Kier alpha value is -1.45. The second-order valence-electron chi connectivity index (χ2n) is 6.87. The van der Waals surface area contributed by atoms with Gasteiger partial charge in [0.15, 0.2) is 5.66 Å². The molecular formula is C17H29N5O. The molecule has 0 atom stereocenters. The number of carbonyl (C=O) groups excluding carboxylic acids is 1. The summed E-state index contributed by atoms with van der Waals surface area (Å²) in [7, 11) is 4.20. The Balaban J connectivity index is 1.59. The zero-order chi connectivity index (χ0) is 16.7. The van der Waals surface area contributed by atoms with Gasteiger partial charge in [0, 0.05) is 57.9 Å². The smallest absolute Gasteiger partial charge is 0.220 e. The maximum atomic E-state index is 12.1. The van der Waals surface area contributed by atoms with Crippen molar-refractivity contribution in [1.29, 1.82) is 0 Å². The van der Waals surface area contributed by atoms with Gasteiger partial charge in [-0.1, -0.05) is 0 Å². The minimum atomic E-state index is -0.348. The van der Waals surface area contributed by atoms with Crippen LogP contribution in [-0.4, -0.2) is 67.7 Å². The minimum absolute atomic E-state index is 0.120. The Morgan fingerprint density at radius 3 is 2.61 bits per heavy atom. The molecule has 1 amide bonds. The third-order valence-electron chi connectivity index (χ3n) is 4.62. The predicted octanol–water partition coefficient (Wildman–Crippen LogP) is 1.48. The Bertz CT molecular complexity index is 454. The van der Waals surface area contributed by atoms with E-state index < -0.39 is 0 Å². The normalized spacial score (nSPS) is 20.4. The molecule has 0 bridgehead atoms. The third kappa shape index (κ3) is 6.28. The number of piperidine rings is 1. The largest absolute Gasteiger partial charge is 0.353 e. The van der Waals surface area contributed by atoms with Crippen LogP contribution < -0.4 is 5.32 Å². The van der Waals surface area contributed by atoms with Gasteiger partial charge in [-0.15, -0.1) is 12.3 Å². The number of hydrogen-bond donors (Lipinski definition) is 1. The SMILES string of the molecule is C#CCCC1(CCC(=O)NC2CCN(CCN(C)C)CC2)N=N1. The van der Waals surface area contributed by atoms with Crippen LogP contribution in [0.2, 0.25) is 0 Å². The van der Waals surface area contributed by atoms with Crippen molar-refractivity contribution in [1.82, 2.24) is 15.1 Å². The van der Waals surface area contributed by atoms with E-state index in [0.29, 0.717) is 25.3 Å². The standard InChI is InChI=1S/C17H29N5O/c1-4-5-9-17(19-20-17)10-6-16(23)18-15-7-11-22(12-8-15)14-13-21(2)3/h1,15H,5-14H2,2-3H3,(H,18,23). The van der Waals surface area contributed by atoms with Crippen molar-refractivity contribution in [3.8, 4) is 12.3 Å². The van der Waals surface area contributed by atoms with Crippen LogP contribution in [0.15, 0.2) is 10.2 Å². The number of likely N-dealkylation sites (N-methyl/N-ethyl adjacent to an activating group) is 1. The fourth-order valence-corrected chi connectivity index (χ4v) is 2.92.